The maximum Gasteiger partial charge on any atom is 0.225 e. The third-order valence-electron chi connectivity index (χ3n) is 2.34. The minimum Gasteiger partial charge on any atom is -0.389 e. The highest BCUT2D eigenvalue weighted by molar-refractivity contribution is 5.76. The Balaban J connectivity index is 2.49. The van der Waals surface area contributed by atoms with E-state index in [2.05, 4.69) is 6.58 Å². The Labute approximate surface area is 96.0 Å². The molecule has 0 fully saturated rings. The van der Waals surface area contributed by atoms with Crippen molar-refractivity contribution in [3.63, 3.8) is 0 Å². The van der Waals surface area contributed by atoms with E-state index in [4.69, 9.17) is 0 Å². The molecule has 3 nitrogen and oxygen atoms in total. The lowest BCUT2D eigenvalue weighted by Crippen LogP contribution is -2.28. The number of nitrogens with zero attached hydrogens (tertiary/aromatic N) is 1. The van der Waals surface area contributed by atoms with Gasteiger partial charge in [0.05, 0.1) is 12.5 Å². The Hall–Kier alpha value is -1.61. The molecular weight excluding hydrogens is 202 g/mol. The quantitative estimate of drug-likeness (QED) is 0.764. The summed E-state index contributed by atoms with van der Waals surface area (Å²) < 4.78 is 0. The third kappa shape index (κ3) is 3.87. The van der Waals surface area contributed by atoms with Crippen LogP contribution in [-0.2, 0) is 11.3 Å². The van der Waals surface area contributed by atoms with Gasteiger partial charge in [-0.15, -0.1) is 6.58 Å². The molecule has 1 unspecified atom stereocenters. The van der Waals surface area contributed by atoms with E-state index < -0.39 is 6.10 Å². The van der Waals surface area contributed by atoms with E-state index in [1.54, 1.807) is 11.9 Å². The van der Waals surface area contributed by atoms with Crippen LogP contribution in [0.4, 0.5) is 0 Å². The smallest absolute Gasteiger partial charge is 0.225 e. The van der Waals surface area contributed by atoms with Crippen LogP contribution in [0.3, 0.4) is 0 Å². The second-order valence-electron chi connectivity index (χ2n) is 3.74. The number of carbonyl (C=O) groups excluding carboxylic acids is 1. The lowest BCUT2D eigenvalue weighted by Gasteiger charge is -2.18. The molecule has 1 aromatic carbocycles. The van der Waals surface area contributed by atoms with E-state index in [1.807, 2.05) is 30.3 Å². The van der Waals surface area contributed by atoms with E-state index in [0.29, 0.717) is 6.54 Å². The van der Waals surface area contributed by atoms with Crippen molar-refractivity contribution in [1.29, 1.82) is 0 Å². The van der Waals surface area contributed by atoms with Gasteiger partial charge in [0.15, 0.2) is 0 Å². The summed E-state index contributed by atoms with van der Waals surface area (Å²) in [4.78, 5) is 13.2. The largest absolute Gasteiger partial charge is 0.389 e. The fourth-order valence-electron chi connectivity index (χ4n) is 1.36. The van der Waals surface area contributed by atoms with Crippen LogP contribution < -0.4 is 0 Å². The molecule has 16 heavy (non-hydrogen) atoms. The normalized spacial score (nSPS) is 11.9. The summed E-state index contributed by atoms with van der Waals surface area (Å²) in [6.45, 7) is 4.00. The number of carbonyl (C=O) groups is 1. The molecule has 1 rings (SSSR count). The standard InChI is InChI=1S/C13H17NO2/c1-3-12(15)9-13(16)14(2)10-11-7-5-4-6-8-11/h3-8,12,15H,1,9-10H2,2H3. The Morgan fingerprint density at radius 3 is 2.69 bits per heavy atom. The van der Waals surface area contributed by atoms with Gasteiger partial charge < -0.3 is 10.0 Å². The molecule has 3 heteroatoms. The van der Waals surface area contributed by atoms with Crippen molar-refractivity contribution < 1.29 is 9.90 Å². The van der Waals surface area contributed by atoms with Crippen molar-refractivity contribution in [2.24, 2.45) is 0 Å². The van der Waals surface area contributed by atoms with Crippen LogP contribution in [0.2, 0.25) is 0 Å². The molecule has 0 radical (unpaired) electrons. The van der Waals surface area contributed by atoms with Gasteiger partial charge in [0, 0.05) is 13.6 Å². The van der Waals surface area contributed by atoms with Crippen molar-refractivity contribution in [3.8, 4) is 0 Å². The number of aliphatic hydroxyl groups excluding tert-OH is 1. The first-order chi connectivity index (χ1) is 7.63. The summed E-state index contributed by atoms with van der Waals surface area (Å²) in [5.41, 5.74) is 1.08. The summed E-state index contributed by atoms with van der Waals surface area (Å²) in [6, 6.07) is 9.74. The van der Waals surface area contributed by atoms with Gasteiger partial charge >= 0.3 is 0 Å². The third-order valence-corrected chi connectivity index (χ3v) is 2.34. The molecule has 0 saturated heterocycles. The van der Waals surface area contributed by atoms with Crippen LogP contribution in [0.25, 0.3) is 0 Å². The van der Waals surface area contributed by atoms with Gasteiger partial charge in [-0.3, -0.25) is 4.79 Å². The van der Waals surface area contributed by atoms with E-state index in [9.17, 15) is 9.90 Å². The zero-order valence-electron chi connectivity index (χ0n) is 9.47. The van der Waals surface area contributed by atoms with Gasteiger partial charge in [-0.1, -0.05) is 36.4 Å². The Morgan fingerprint density at radius 2 is 2.12 bits per heavy atom. The highest BCUT2D eigenvalue weighted by Gasteiger charge is 2.12. The highest BCUT2D eigenvalue weighted by Crippen LogP contribution is 2.05. The molecule has 1 N–H and O–H groups in total. The Morgan fingerprint density at radius 1 is 1.50 bits per heavy atom. The highest BCUT2D eigenvalue weighted by atomic mass is 16.3. The maximum atomic E-state index is 11.6. The minimum atomic E-state index is -0.759. The van der Waals surface area contributed by atoms with E-state index in [0.717, 1.165) is 5.56 Å². The number of hydrogen-bond acceptors (Lipinski definition) is 2. The Bertz CT molecular complexity index is 348. The van der Waals surface area contributed by atoms with E-state index >= 15 is 0 Å². The van der Waals surface area contributed by atoms with Crippen LogP contribution in [0.5, 0.6) is 0 Å². The molecule has 0 saturated carbocycles. The van der Waals surface area contributed by atoms with Gasteiger partial charge in [0.2, 0.25) is 5.91 Å². The van der Waals surface area contributed by atoms with Gasteiger partial charge in [0.25, 0.3) is 0 Å². The van der Waals surface area contributed by atoms with Crippen molar-refractivity contribution in [3.05, 3.63) is 48.6 Å². The number of amides is 1. The minimum absolute atomic E-state index is 0.0868. The number of aliphatic hydroxyl groups is 1. The van der Waals surface area contributed by atoms with Crippen LogP contribution in [0, 0.1) is 0 Å². The topological polar surface area (TPSA) is 40.5 Å². The summed E-state index contributed by atoms with van der Waals surface area (Å²) in [5, 5.41) is 9.28. The molecule has 1 amide bonds. The summed E-state index contributed by atoms with van der Waals surface area (Å²) in [7, 11) is 1.73. The van der Waals surface area contributed by atoms with Crippen molar-refractivity contribution >= 4 is 5.91 Å². The van der Waals surface area contributed by atoms with Crippen LogP contribution in [0.1, 0.15) is 12.0 Å². The van der Waals surface area contributed by atoms with Crippen LogP contribution in [-0.4, -0.2) is 29.1 Å². The first-order valence-corrected chi connectivity index (χ1v) is 5.22. The zero-order valence-corrected chi connectivity index (χ0v) is 9.47. The van der Waals surface area contributed by atoms with Gasteiger partial charge in [0.1, 0.15) is 0 Å². The number of hydrogen-bond donors (Lipinski definition) is 1. The second kappa shape index (κ2) is 6.08. The fourth-order valence-corrected chi connectivity index (χ4v) is 1.36. The molecule has 0 aliphatic carbocycles. The van der Waals surface area contributed by atoms with E-state index in [-0.39, 0.29) is 12.3 Å². The monoisotopic (exact) mass is 219 g/mol. The predicted octanol–water partition coefficient (Wildman–Crippen LogP) is 1.58. The molecular formula is C13H17NO2. The molecule has 1 aromatic rings. The maximum absolute atomic E-state index is 11.6. The lowest BCUT2D eigenvalue weighted by molar-refractivity contribution is -0.131. The molecule has 1 atom stereocenters. The van der Waals surface area contributed by atoms with E-state index in [1.165, 1.54) is 6.08 Å². The number of rotatable bonds is 5. The first-order valence-electron chi connectivity index (χ1n) is 5.22. The van der Waals surface area contributed by atoms with Crippen molar-refractivity contribution in [2.75, 3.05) is 7.05 Å². The second-order valence-corrected chi connectivity index (χ2v) is 3.74. The van der Waals surface area contributed by atoms with Crippen molar-refractivity contribution in [1.82, 2.24) is 4.90 Å². The average molecular weight is 219 g/mol. The van der Waals surface area contributed by atoms with Crippen LogP contribution in [0.15, 0.2) is 43.0 Å². The van der Waals surface area contributed by atoms with Crippen molar-refractivity contribution in [2.45, 2.75) is 19.1 Å². The lowest BCUT2D eigenvalue weighted by atomic mass is 10.2. The summed E-state index contributed by atoms with van der Waals surface area (Å²) >= 11 is 0. The first kappa shape index (κ1) is 12.5. The molecule has 0 aliphatic rings. The molecule has 0 bridgehead atoms. The SMILES string of the molecule is C=CC(O)CC(=O)N(C)Cc1ccccc1. The molecule has 0 heterocycles. The zero-order chi connectivity index (χ0) is 12.0. The van der Waals surface area contributed by atoms with Crippen LogP contribution >= 0.6 is 0 Å². The average Bonchev–Trinajstić information content (AvgIpc) is 2.30. The molecule has 86 valence electrons. The van der Waals surface area contributed by atoms with Gasteiger partial charge in [-0.2, -0.15) is 0 Å². The molecule has 0 aliphatic heterocycles. The molecule has 0 spiro atoms. The Kier molecular flexibility index (Phi) is 4.73. The van der Waals surface area contributed by atoms with Gasteiger partial charge in [-0.25, -0.2) is 0 Å². The summed E-state index contributed by atoms with van der Waals surface area (Å²) in [6.07, 6.45) is 0.701. The number of benzene rings is 1. The predicted molar refractivity (Wildman–Crippen MR) is 63.7 cm³/mol. The molecule has 0 aromatic heterocycles. The fraction of sp³-hybridized carbons (Fsp3) is 0.308. The van der Waals surface area contributed by atoms with Gasteiger partial charge in [-0.05, 0) is 5.56 Å². The summed E-state index contributed by atoms with van der Waals surface area (Å²) in [5.74, 6) is -0.0868.